The van der Waals surface area contributed by atoms with Crippen molar-refractivity contribution in [3.8, 4) is 5.75 Å². The van der Waals surface area contributed by atoms with Gasteiger partial charge >= 0.3 is 5.97 Å². The van der Waals surface area contributed by atoms with Crippen molar-refractivity contribution in [3.63, 3.8) is 0 Å². The Balaban J connectivity index is 1.72. The average Bonchev–Trinajstić information content (AvgIpc) is 3.37. The monoisotopic (exact) mass is 384 g/mol. The molecular weight excluding hydrogens is 357 g/mol. The summed E-state index contributed by atoms with van der Waals surface area (Å²) in [5.41, 5.74) is 0.0106. The van der Waals surface area contributed by atoms with Gasteiger partial charge in [0.25, 0.3) is 0 Å². The molecular formula is C21H27F3O3. The van der Waals surface area contributed by atoms with Crippen molar-refractivity contribution in [2.75, 3.05) is 6.61 Å². The lowest BCUT2D eigenvalue weighted by molar-refractivity contribution is -0.0499. The minimum absolute atomic E-state index is 0.0465. The highest BCUT2D eigenvalue weighted by molar-refractivity contribution is 5.90. The maximum Gasteiger partial charge on any atom is 0.341 e. The van der Waals surface area contributed by atoms with Crippen LogP contribution >= 0.6 is 0 Å². The molecule has 0 amide bonds. The van der Waals surface area contributed by atoms with Crippen LogP contribution in [0.3, 0.4) is 0 Å². The van der Waals surface area contributed by atoms with Gasteiger partial charge in [0, 0.05) is 18.9 Å². The number of ether oxygens (including phenoxy) is 2. The van der Waals surface area contributed by atoms with Gasteiger partial charge in [-0.25, -0.2) is 18.0 Å². The van der Waals surface area contributed by atoms with Gasteiger partial charge < -0.3 is 9.47 Å². The molecule has 3 nitrogen and oxygen atoms in total. The fourth-order valence-electron chi connectivity index (χ4n) is 3.37. The SMILES string of the molecule is CC(C)(C)OC(=O)c1cc(C2CC2)c(OCC2CCC(F)(F)CC2)cc1F. The predicted molar refractivity (Wildman–Crippen MR) is 95.9 cm³/mol. The molecule has 6 heteroatoms. The lowest BCUT2D eigenvalue weighted by atomic mass is 9.87. The van der Waals surface area contributed by atoms with Crippen LogP contribution in [0.5, 0.6) is 5.75 Å². The van der Waals surface area contributed by atoms with Crippen LogP contribution < -0.4 is 4.74 Å². The van der Waals surface area contributed by atoms with Gasteiger partial charge in [-0.15, -0.1) is 0 Å². The van der Waals surface area contributed by atoms with E-state index in [0.29, 0.717) is 25.2 Å². The quantitative estimate of drug-likeness (QED) is 0.596. The maximum atomic E-state index is 14.5. The molecule has 0 atom stereocenters. The van der Waals surface area contributed by atoms with Crippen molar-refractivity contribution in [2.24, 2.45) is 5.92 Å². The number of rotatable bonds is 5. The highest BCUT2D eigenvalue weighted by atomic mass is 19.3. The van der Waals surface area contributed by atoms with Crippen molar-refractivity contribution in [2.45, 2.75) is 76.7 Å². The van der Waals surface area contributed by atoms with Gasteiger partial charge in [-0.1, -0.05) is 0 Å². The molecule has 2 saturated carbocycles. The number of hydrogen-bond donors (Lipinski definition) is 0. The van der Waals surface area contributed by atoms with Crippen LogP contribution in [0.15, 0.2) is 12.1 Å². The highest BCUT2D eigenvalue weighted by Crippen LogP contribution is 2.45. The van der Waals surface area contributed by atoms with Crippen molar-refractivity contribution < 1.29 is 27.4 Å². The van der Waals surface area contributed by atoms with Gasteiger partial charge in [0.15, 0.2) is 0 Å². The minimum atomic E-state index is -2.57. The van der Waals surface area contributed by atoms with E-state index in [2.05, 4.69) is 0 Å². The van der Waals surface area contributed by atoms with E-state index in [1.54, 1.807) is 20.8 Å². The van der Waals surface area contributed by atoms with Crippen LogP contribution in [-0.2, 0) is 4.74 Å². The molecule has 0 unspecified atom stereocenters. The van der Waals surface area contributed by atoms with Gasteiger partial charge in [-0.05, 0) is 69.9 Å². The second kappa shape index (κ2) is 7.36. The molecule has 0 saturated heterocycles. The summed E-state index contributed by atoms with van der Waals surface area (Å²) in [6.07, 6.45) is 2.50. The summed E-state index contributed by atoms with van der Waals surface area (Å²) in [5.74, 6) is -3.24. The number of carbonyl (C=O) groups excluding carboxylic acids is 1. The number of hydrogen-bond acceptors (Lipinski definition) is 3. The van der Waals surface area contributed by atoms with Gasteiger partial charge in [-0.2, -0.15) is 0 Å². The molecule has 0 N–H and O–H groups in total. The Labute approximate surface area is 158 Å². The van der Waals surface area contributed by atoms with Crippen LogP contribution in [0.2, 0.25) is 0 Å². The third-order valence-corrected chi connectivity index (χ3v) is 5.05. The summed E-state index contributed by atoms with van der Waals surface area (Å²) in [6, 6.07) is 2.77. The molecule has 3 rings (SSSR count). The highest BCUT2D eigenvalue weighted by Gasteiger charge is 2.35. The second-order valence-corrected chi connectivity index (χ2v) is 8.76. The number of halogens is 3. The third-order valence-electron chi connectivity index (χ3n) is 5.05. The number of benzene rings is 1. The Hall–Kier alpha value is -1.72. The normalized spacial score (nSPS) is 20.4. The largest absolute Gasteiger partial charge is 0.493 e. The summed E-state index contributed by atoms with van der Waals surface area (Å²) in [5, 5.41) is 0. The molecule has 2 aliphatic rings. The van der Waals surface area contributed by atoms with E-state index in [1.165, 1.54) is 12.1 Å². The van der Waals surface area contributed by atoms with E-state index in [-0.39, 0.29) is 30.2 Å². The molecule has 0 aromatic heterocycles. The van der Waals surface area contributed by atoms with Crippen molar-refractivity contribution in [1.82, 2.24) is 0 Å². The zero-order chi connectivity index (χ0) is 19.8. The first-order chi connectivity index (χ1) is 12.5. The maximum absolute atomic E-state index is 14.5. The molecule has 1 aromatic carbocycles. The lowest BCUT2D eigenvalue weighted by Crippen LogP contribution is -2.27. The number of carbonyl (C=O) groups is 1. The molecule has 2 fully saturated rings. The van der Waals surface area contributed by atoms with E-state index in [9.17, 15) is 18.0 Å². The van der Waals surface area contributed by atoms with Gasteiger partial charge in [0.2, 0.25) is 5.92 Å². The van der Waals surface area contributed by atoms with Crippen molar-refractivity contribution >= 4 is 5.97 Å². The molecule has 0 radical (unpaired) electrons. The van der Waals surface area contributed by atoms with Gasteiger partial charge in [0.05, 0.1) is 12.2 Å². The van der Waals surface area contributed by atoms with E-state index >= 15 is 0 Å². The molecule has 27 heavy (non-hydrogen) atoms. The molecule has 2 aliphatic carbocycles. The second-order valence-electron chi connectivity index (χ2n) is 8.76. The van der Waals surface area contributed by atoms with Crippen LogP contribution in [0.4, 0.5) is 13.2 Å². The van der Waals surface area contributed by atoms with E-state index < -0.39 is 23.3 Å². The summed E-state index contributed by atoms with van der Waals surface area (Å²) >= 11 is 0. The molecule has 150 valence electrons. The molecule has 1 aromatic rings. The van der Waals surface area contributed by atoms with Crippen molar-refractivity contribution in [1.29, 1.82) is 0 Å². The Morgan fingerprint density at radius 3 is 2.33 bits per heavy atom. The number of alkyl halides is 2. The molecule has 0 bridgehead atoms. The predicted octanol–water partition coefficient (Wildman–Crippen LogP) is 5.86. The molecule has 0 aliphatic heterocycles. The zero-order valence-electron chi connectivity index (χ0n) is 16.1. The smallest absolute Gasteiger partial charge is 0.341 e. The Morgan fingerprint density at radius 2 is 1.78 bits per heavy atom. The summed E-state index contributed by atoms with van der Waals surface area (Å²) < 4.78 is 52.2. The van der Waals surface area contributed by atoms with Crippen LogP contribution in [0.25, 0.3) is 0 Å². The van der Waals surface area contributed by atoms with Crippen LogP contribution in [0, 0.1) is 11.7 Å². The summed E-state index contributed by atoms with van der Waals surface area (Å²) in [4.78, 5) is 12.3. The van der Waals surface area contributed by atoms with Crippen molar-refractivity contribution in [3.05, 3.63) is 29.1 Å². The lowest BCUT2D eigenvalue weighted by Gasteiger charge is -2.28. The molecule has 0 heterocycles. The fourth-order valence-corrected chi connectivity index (χ4v) is 3.37. The van der Waals surface area contributed by atoms with E-state index in [0.717, 1.165) is 18.4 Å². The Morgan fingerprint density at radius 1 is 1.15 bits per heavy atom. The number of esters is 1. The minimum Gasteiger partial charge on any atom is -0.493 e. The summed E-state index contributed by atoms with van der Waals surface area (Å²) in [6.45, 7) is 5.49. The first-order valence-electron chi connectivity index (χ1n) is 9.61. The molecule has 0 spiro atoms. The fraction of sp³-hybridized carbons (Fsp3) is 0.667. The Bertz CT molecular complexity index is 695. The first kappa shape index (κ1) is 20.0. The zero-order valence-corrected chi connectivity index (χ0v) is 16.1. The topological polar surface area (TPSA) is 35.5 Å². The van der Waals surface area contributed by atoms with Crippen LogP contribution in [-0.4, -0.2) is 24.1 Å². The standard InChI is InChI=1S/C21H27F3O3/c1-20(2,3)27-19(25)16-10-15(14-4-5-14)18(11-17(16)22)26-12-13-6-8-21(23,24)9-7-13/h10-11,13-14H,4-9,12H2,1-3H3. The third kappa shape index (κ3) is 5.39. The van der Waals surface area contributed by atoms with Gasteiger partial charge in [-0.3, -0.25) is 0 Å². The summed E-state index contributed by atoms with van der Waals surface area (Å²) in [7, 11) is 0. The van der Waals surface area contributed by atoms with E-state index in [4.69, 9.17) is 9.47 Å². The average molecular weight is 384 g/mol. The van der Waals surface area contributed by atoms with E-state index in [1.807, 2.05) is 0 Å². The Kier molecular flexibility index (Phi) is 5.46. The van der Waals surface area contributed by atoms with Gasteiger partial charge in [0.1, 0.15) is 17.2 Å². The first-order valence-corrected chi connectivity index (χ1v) is 9.61. The van der Waals surface area contributed by atoms with Crippen LogP contribution in [0.1, 0.15) is 81.1 Å².